The molecule has 2 N–H and O–H groups in total. The number of hydrogen-bond acceptors (Lipinski definition) is 2. The van der Waals surface area contributed by atoms with Gasteiger partial charge < -0.3 is 15.0 Å². The predicted octanol–water partition coefficient (Wildman–Crippen LogP) is 2.70. The van der Waals surface area contributed by atoms with Crippen LogP contribution in [0.25, 0.3) is 10.9 Å². The van der Waals surface area contributed by atoms with Gasteiger partial charge >= 0.3 is 0 Å². The Morgan fingerprint density at radius 2 is 2.38 bits per heavy atom. The van der Waals surface area contributed by atoms with Crippen molar-refractivity contribution < 1.29 is 13.9 Å². The highest BCUT2D eigenvalue weighted by atomic mass is 19.1. The largest absolute Gasteiger partial charge is 0.490 e. The molecule has 0 atom stereocenters. The van der Waals surface area contributed by atoms with E-state index in [0.717, 1.165) is 41.3 Å². The molecule has 5 heteroatoms. The van der Waals surface area contributed by atoms with Crippen LogP contribution in [0.4, 0.5) is 4.39 Å². The van der Waals surface area contributed by atoms with E-state index in [1.807, 2.05) is 13.1 Å². The average Bonchev–Trinajstić information content (AvgIpc) is 3.06. The van der Waals surface area contributed by atoms with Crippen molar-refractivity contribution in [3.8, 4) is 5.75 Å². The van der Waals surface area contributed by atoms with Gasteiger partial charge in [0.2, 0.25) is 5.91 Å². The molecule has 2 aromatic rings. The Morgan fingerprint density at radius 1 is 1.52 bits per heavy atom. The van der Waals surface area contributed by atoms with Crippen molar-refractivity contribution in [3.05, 3.63) is 29.2 Å². The maximum Gasteiger partial charge on any atom is 0.219 e. The van der Waals surface area contributed by atoms with E-state index in [4.69, 9.17) is 4.74 Å². The van der Waals surface area contributed by atoms with Crippen molar-refractivity contribution in [1.82, 2.24) is 10.3 Å². The Labute approximate surface area is 122 Å². The number of fused-ring (bicyclic) bond motifs is 3. The molecule has 0 aliphatic carbocycles. The van der Waals surface area contributed by atoms with Gasteiger partial charge in [-0.1, -0.05) is 6.92 Å². The van der Waals surface area contributed by atoms with Gasteiger partial charge in [-0.25, -0.2) is 4.39 Å². The van der Waals surface area contributed by atoms with E-state index in [2.05, 4.69) is 10.3 Å². The normalized spacial score (nSPS) is 13.2. The lowest BCUT2D eigenvalue weighted by Gasteiger charge is -2.06. The number of benzene rings is 1. The molecule has 0 saturated heterocycles. The molecule has 2 heterocycles. The summed E-state index contributed by atoms with van der Waals surface area (Å²) in [5, 5.41) is 3.96. The van der Waals surface area contributed by atoms with E-state index >= 15 is 0 Å². The van der Waals surface area contributed by atoms with Crippen LogP contribution in [0.2, 0.25) is 0 Å². The number of amides is 1. The Hall–Kier alpha value is -2.04. The molecule has 1 aromatic heterocycles. The molecular weight excluding hydrogens is 271 g/mol. The SMILES string of the molecule is CCCC(=O)NCCc1c[nH]c2cc(F)c3c(c12)CCO3. The van der Waals surface area contributed by atoms with Gasteiger partial charge in [0.25, 0.3) is 0 Å². The van der Waals surface area contributed by atoms with E-state index in [1.54, 1.807) is 0 Å². The molecule has 0 radical (unpaired) electrons. The number of aromatic amines is 1. The van der Waals surface area contributed by atoms with Gasteiger partial charge in [0, 0.05) is 48.1 Å². The third kappa shape index (κ3) is 2.60. The lowest BCUT2D eigenvalue weighted by molar-refractivity contribution is -0.121. The predicted molar refractivity (Wildman–Crippen MR) is 79.1 cm³/mol. The van der Waals surface area contributed by atoms with Crippen LogP contribution in [0.1, 0.15) is 30.9 Å². The first-order valence-corrected chi connectivity index (χ1v) is 7.41. The zero-order chi connectivity index (χ0) is 14.8. The third-order valence-electron chi connectivity index (χ3n) is 3.85. The number of halogens is 1. The molecule has 0 saturated carbocycles. The van der Waals surface area contributed by atoms with Crippen molar-refractivity contribution in [1.29, 1.82) is 0 Å². The maximum absolute atomic E-state index is 13.9. The first-order valence-electron chi connectivity index (χ1n) is 7.41. The summed E-state index contributed by atoms with van der Waals surface area (Å²) in [6, 6.07) is 1.48. The second kappa shape index (κ2) is 5.76. The minimum atomic E-state index is -0.306. The van der Waals surface area contributed by atoms with Crippen LogP contribution in [0, 0.1) is 5.82 Å². The molecule has 4 nitrogen and oxygen atoms in total. The minimum absolute atomic E-state index is 0.0805. The van der Waals surface area contributed by atoms with Crippen LogP contribution in [0.15, 0.2) is 12.3 Å². The highest BCUT2D eigenvalue weighted by Crippen LogP contribution is 2.36. The second-order valence-corrected chi connectivity index (χ2v) is 5.35. The molecular formula is C16H19FN2O2. The van der Waals surface area contributed by atoms with Crippen molar-refractivity contribution >= 4 is 16.8 Å². The van der Waals surface area contributed by atoms with Gasteiger partial charge in [-0.2, -0.15) is 0 Å². The Kier molecular flexibility index (Phi) is 3.82. The lowest BCUT2D eigenvalue weighted by atomic mass is 10.0. The highest BCUT2D eigenvalue weighted by molar-refractivity contribution is 5.89. The number of rotatable bonds is 5. The number of hydrogen-bond donors (Lipinski definition) is 2. The van der Waals surface area contributed by atoms with Crippen LogP contribution in [0.5, 0.6) is 5.75 Å². The van der Waals surface area contributed by atoms with Crippen LogP contribution < -0.4 is 10.1 Å². The first kappa shape index (κ1) is 13.9. The number of ether oxygens (including phenoxy) is 1. The van der Waals surface area contributed by atoms with Crippen molar-refractivity contribution in [3.63, 3.8) is 0 Å². The summed E-state index contributed by atoms with van der Waals surface area (Å²) in [6.45, 7) is 3.11. The fraction of sp³-hybridized carbons (Fsp3) is 0.438. The number of aromatic nitrogens is 1. The number of nitrogens with one attached hydrogen (secondary N) is 2. The summed E-state index contributed by atoms with van der Waals surface area (Å²) >= 11 is 0. The Bertz CT molecular complexity index is 678. The van der Waals surface area contributed by atoms with Crippen LogP contribution >= 0.6 is 0 Å². The minimum Gasteiger partial charge on any atom is -0.490 e. The monoisotopic (exact) mass is 290 g/mol. The molecule has 0 spiro atoms. The van der Waals surface area contributed by atoms with E-state index in [9.17, 15) is 9.18 Å². The van der Waals surface area contributed by atoms with Crippen molar-refractivity contribution in [2.45, 2.75) is 32.6 Å². The second-order valence-electron chi connectivity index (χ2n) is 5.35. The molecule has 0 bridgehead atoms. The molecule has 1 amide bonds. The van der Waals surface area contributed by atoms with E-state index in [-0.39, 0.29) is 11.7 Å². The molecule has 0 fully saturated rings. The number of carbonyl (C=O) groups is 1. The van der Waals surface area contributed by atoms with Crippen molar-refractivity contribution in [2.75, 3.05) is 13.2 Å². The molecule has 3 rings (SSSR count). The summed E-state index contributed by atoms with van der Waals surface area (Å²) in [5.74, 6) is 0.162. The topological polar surface area (TPSA) is 54.1 Å². The van der Waals surface area contributed by atoms with Crippen LogP contribution in [-0.4, -0.2) is 24.0 Å². The van der Waals surface area contributed by atoms with Gasteiger partial charge in [0.05, 0.1) is 6.61 Å². The van der Waals surface area contributed by atoms with Gasteiger partial charge in [-0.05, 0) is 18.4 Å². The van der Waals surface area contributed by atoms with Crippen LogP contribution in [0.3, 0.4) is 0 Å². The Balaban J connectivity index is 1.81. The molecule has 1 aliphatic rings. The smallest absolute Gasteiger partial charge is 0.219 e. The summed E-state index contributed by atoms with van der Waals surface area (Å²) in [6.07, 6.45) is 4.77. The highest BCUT2D eigenvalue weighted by Gasteiger charge is 2.22. The van der Waals surface area contributed by atoms with Gasteiger partial charge in [0.15, 0.2) is 11.6 Å². The van der Waals surface area contributed by atoms with Crippen molar-refractivity contribution in [2.24, 2.45) is 0 Å². The van der Waals surface area contributed by atoms with Gasteiger partial charge in [-0.15, -0.1) is 0 Å². The fourth-order valence-corrected chi connectivity index (χ4v) is 2.90. The van der Waals surface area contributed by atoms with E-state index < -0.39 is 0 Å². The van der Waals surface area contributed by atoms with Gasteiger partial charge in [0.1, 0.15) is 0 Å². The summed E-state index contributed by atoms with van der Waals surface area (Å²) in [4.78, 5) is 14.6. The quantitative estimate of drug-likeness (QED) is 0.889. The summed E-state index contributed by atoms with van der Waals surface area (Å²) < 4.78 is 19.2. The zero-order valence-corrected chi connectivity index (χ0v) is 12.1. The standard InChI is InChI=1S/C16H19FN2O2/c1-2-3-14(20)18-6-4-10-9-19-13-8-12(17)16-11(15(10)13)5-7-21-16/h8-9,19H,2-7H2,1H3,(H,18,20). The molecule has 0 unspecified atom stereocenters. The van der Waals surface area contributed by atoms with Crippen LogP contribution in [-0.2, 0) is 17.6 Å². The molecule has 112 valence electrons. The van der Waals surface area contributed by atoms with E-state index in [0.29, 0.717) is 25.3 Å². The summed E-state index contributed by atoms with van der Waals surface area (Å²) in [5.41, 5.74) is 2.84. The molecule has 21 heavy (non-hydrogen) atoms. The number of carbonyl (C=O) groups excluding carboxylic acids is 1. The average molecular weight is 290 g/mol. The molecule has 1 aromatic carbocycles. The van der Waals surface area contributed by atoms with Gasteiger partial charge in [-0.3, -0.25) is 4.79 Å². The number of H-pyrrole nitrogens is 1. The Morgan fingerprint density at radius 3 is 3.19 bits per heavy atom. The first-order chi connectivity index (χ1) is 10.2. The molecule has 1 aliphatic heterocycles. The summed E-state index contributed by atoms with van der Waals surface area (Å²) in [7, 11) is 0. The lowest BCUT2D eigenvalue weighted by Crippen LogP contribution is -2.25. The van der Waals surface area contributed by atoms with E-state index in [1.165, 1.54) is 6.07 Å². The third-order valence-corrected chi connectivity index (χ3v) is 3.85. The zero-order valence-electron chi connectivity index (χ0n) is 12.1. The maximum atomic E-state index is 13.9. The fourth-order valence-electron chi connectivity index (χ4n) is 2.90.